The second kappa shape index (κ2) is 8.77. The van der Waals surface area contributed by atoms with Crippen molar-refractivity contribution in [2.75, 3.05) is 19.6 Å². The lowest BCUT2D eigenvalue weighted by atomic mass is 10.0. The second-order valence-corrected chi connectivity index (χ2v) is 6.98. The van der Waals surface area contributed by atoms with Crippen molar-refractivity contribution in [3.63, 3.8) is 0 Å². The van der Waals surface area contributed by atoms with Crippen molar-refractivity contribution in [2.24, 2.45) is 0 Å². The highest BCUT2D eigenvalue weighted by Crippen LogP contribution is 2.25. The monoisotopic (exact) mass is 421 g/mol. The van der Waals surface area contributed by atoms with Gasteiger partial charge in [-0.25, -0.2) is 9.48 Å². The molecule has 1 unspecified atom stereocenters. The van der Waals surface area contributed by atoms with E-state index in [4.69, 9.17) is 11.6 Å². The van der Waals surface area contributed by atoms with Gasteiger partial charge in [0.1, 0.15) is 0 Å². The first-order chi connectivity index (χ1) is 13.1. The Balaban J connectivity index is 0.00000225. The Morgan fingerprint density at radius 2 is 2.11 bits per heavy atom. The van der Waals surface area contributed by atoms with Crippen molar-refractivity contribution in [2.45, 2.75) is 19.0 Å². The first-order valence-electron chi connectivity index (χ1n) is 8.93. The van der Waals surface area contributed by atoms with Gasteiger partial charge in [0.2, 0.25) is 5.91 Å². The van der Waals surface area contributed by atoms with Gasteiger partial charge in [0.25, 0.3) is 0 Å². The molecule has 1 aliphatic heterocycles. The van der Waals surface area contributed by atoms with Crippen molar-refractivity contribution in [3.8, 4) is 0 Å². The highest BCUT2D eigenvalue weighted by Gasteiger charge is 2.27. The van der Waals surface area contributed by atoms with E-state index in [1.54, 1.807) is 18.3 Å². The largest absolute Gasteiger partial charge is 0.350 e. The highest BCUT2D eigenvalue weighted by molar-refractivity contribution is 6.30. The summed E-state index contributed by atoms with van der Waals surface area (Å²) >= 11 is 6.12. The average Bonchev–Trinajstić information content (AvgIpc) is 3.02. The van der Waals surface area contributed by atoms with E-state index in [1.165, 1.54) is 9.08 Å². The van der Waals surface area contributed by atoms with Crippen molar-refractivity contribution >= 4 is 35.6 Å². The summed E-state index contributed by atoms with van der Waals surface area (Å²) in [4.78, 5) is 27.1. The zero-order valence-corrected chi connectivity index (χ0v) is 16.7. The van der Waals surface area contributed by atoms with E-state index < -0.39 is 0 Å². The first-order valence-corrected chi connectivity index (χ1v) is 9.31. The number of aryl methyl sites for hydroxylation is 1. The standard InChI is InChI=1S/C19H20ClN5O2.ClH/c20-15-5-3-4-14(12-15)16-13-21-8-11-23(16)18(26)7-10-25-19(27)24-9-2-1-6-17(24)22-25;/h1-6,9,12,16,21H,7-8,10-11,13H2;1H. The molecule has 3 heterocycles. The molecule has 1 N–H and O–H groups in total. The van der Waals surface area contributed by atoms with Crippen molar-refractivity contribution in [3.05, 3.63) is 69.7 Å². The smallest absolute Gasteiger partial charge is 0.333 e. The quantitative estimate of drug-likeness (QED) is 0.700. The SMILES string of the molecule is Cl.O=C(CCn1nc2ccccn2c1=O)N1CCNCC1c1cccc(Cl)c1. The van der Waals surface area contributed by atoms with E-state index >= 15 is 0 Å². The lowest BCUT2D eigenvalue weighted by Crippen LogP contribution is -2.49. The molecule has 1 atom stereocenters. The summed E-state index contributed by atoms with van der Waals surface area (Å²) in [5, 5.41) is 8.27. The van der Waals surface area contributed by atoms with E-state index in [9.17, 15) is 9.59 Å². The predicted octanol–water partition coefficient (Wildman–Crippen LogP) is 2.13. The number of rotatable bonds is 4. The van der Waals surface area contributed by atoms with Crippen molar-refractivity contribution in [1.29, 1.82) is 0 Å². The number of amides is 1. The third kappa shape index (κ3) is 4.06. The van der Waals surface area contributed by atoms with Crippen LogP contribution in [0.15, 0.2) is 53.5 Å². The summed E-state index contributed by atoms with van der Waals surface area (Å²) in [7, 11) is 0. The van der Waals surface area contributed by atoms with Crippen LogP contribution >= 0.6 is 24.0 Å². The molecule has 28 heavy (non-hydrogen) atoms. The van der Waals surface area contributed by atoms with Crippen LogP contribution in [0, 0.1) is 0 Å². The van der Waals surface area contributed by atoms with Crippen LogP contribution in [0.5, 0.6) is 0 Å². The lowest BCUT2D eigenvalue weighted by molar-refractivity contribution is -0.134. The zero-order valence-electron chi connectivity index (χ0n) is 15.1. The molecule has 1 saturated heterocycles. The number of hydrogen-bond acceptors (Lipinski definition) is 4. The first kappa shape index (κ1) is 20.4. The van der Waals surface area contributed by atoms with Gasteiger partial charge in [0.05, 0.1) is 12.6 Å². The molecule has 0 radical (unpaired) electrons. The molecule has 3 aromatic rings. The van der Waals surface area contributed by atoms with Gasteiger partial charge in [0.15, 0.2) is 5.65 Å². The molecule has 0 aliphatic carbocycles. The molecule has 0 spiro atoms. The van der Waals surface area contributed by atoms with Gasteiger partial charge in [-0.2, -0.15) is 0 Å². The molecule has 7 nitrogen and oxygen atoms in total. The number of carbonyl (C=O) groups is 1. The molecular formula is C19H21Cl2N5O2. The zero-order chi connectivity index (χ0) is 18.8. The fraction of sp³-hybridized carbons (Fsp3) is 0.316. The van der Waals surface area contributed by atoms with E-state index in [1.807, 2.05) is 35.2 Å². The number of piperazine rings is 1. The third-order valence-corrected chi connectivity index (χ3v) is 5.06. The maximum atomic E-state index is 12.9. The van der Waals surface area contributed by atoms with Gasteiger partial charge in [-0.15, -0.1) is 17.5 Å². The molecule has 0 bridgehead atoms. The molecule has 4 rings (SSSR count). The molecule has 9 heteroatoms. The Labute approximate surface area is 173 Å². The fourth-order valence-corrected chi connectivity index (χ4v) is 3.67. The number of nitrogens with one attached hydrogen (secondary N) is 1. The Bertz CT molecular complexity index is 1030. The number of pyridine rings is 1. The van der Waals surface area contributed by atoms with E-state index in [2.05, 4.69) is 10.4 Å². The van der Waals surface area contributed by atoms with Crippen LogP contribution in [0.1, 0.15) is 18.0 Å². The number of aromatic nitrogens is 3. The number of fused-ring (bicyclic) bond motifs is 1. The Hall–Kier alpha value is -2.35. The number of hydrogen-bond donors (Lipinski definition) is 1. The molecule has 1 aromatic carbocycles. The van der Waals surface area contributed by atoms with Gasteiger partial charge in [-0.05, 0) is 29.8 Å². The summed E-state index contributed by atoms with van der Waals surface area (Å²) in [6.07, 6.45) is 1.90. The van der Waals surface area contributed by atoms with Gasteiger partial charge >= 0.3 is 5.69 Å². The minimum absolute atomic E-state index is 0. The van der Waals surface area contributed by atoms with Gasteiger partial charge in [0, 0.05) is 37.3 Å². The third-order valence-electron chi connectivity index (χ3n) is 4.82. The molecule has 1 fully saturated rings. The normalized spacial score (nSPS) is 16.8. The fourth-order valence-electron chi connectivity index (χ4n) is 3.47. The summed E-state index contributed by atoms with van der Waals surface area (Å²) in [6.45, 7) is 2.30. The van der Waals surface area contributed by atoms with Gasteiger partial charge < -0.3 is 10.2 Å². The lowest BCUT2D eigenvalue weighted by Gasteiger charge is -2.36. The number of halogens is 2. The minimum Gasteiger partial charge on any atom is -0.333 e. The van der Waals surface area contributed by atoms with Crippen molar-refractivity contribution < 1.29 is 4.79 Å². The maximum absolute atomic E-state index is 12.9. The summed E-state index contributed by atoms with van der Waals surface area (Å²) < 4.78 is 2.83. The number of benzene rings is 1. The maximum Gasteiger partial charge on any atom is 0.350 e. The van der Waals surface area contributed by atoms with Crippen LogP contribution in [-0.2, 0) is 11.3 Å². The molecule has 1 aliphatic rings. The van der Waals surface area contributed by atoms with Crippen LogP contribution in [0.4, 0.5) is 0 Å². The van der Waals surface area contributed by atoms with E-state index in [0.29, 0.717) is 23.8 Å². The summed E-state index contributed by atoms with van der Waals surface area (Å²) in [5.74, 6) is 0.00503. The average molecular weight is 422 g/mol. The van der Waals surface area contributed by atoms with Crippen LogP contribution in [0.25, 0.3) is 5.65 Å². The van der Waals surface area contributed by atoms with Crippen LogP contribution in [0.3, 0.4) is 0 Å². The van der Waals surface area contributed by atoms with Gasteiger partial charge in [-0.1, -0.05) is 29.8 Å². The molecule has 148 valence electrons. The molecule has 1 amide bonds. The number of nitrogens with zero attached hydrogens (tertiary/aromatic N) is 4. The Morgan fingerprint density at radius 3 is 2.89 bits per heavy atom. The van der Waals surface area contributed by atoms with Gasteiger partial charge in [-0.3, -0.25) is 9.20 Å². The van der Waals surface area contributed by atoms with Crippen molar-refractivity contribution in [1.82, 2.24) is 24.4 Å². The van der Waals surface area contributed by atoms with E-state index in [0.717, 1.165) is 12.1 Å². The summed E-state index contributed by atoms with van der Waals surface area (Å²) in [5.41, 5.74) is 1.35. The predicted molar refractivity (Wildman–Crippen MR) is 110 cm³/mol. The molecular weight excluding hydrogens is 401 g/mol. The Kier molecular flexibility index (Phi) is 6.39. The molecule has 0 saturated carbocycles. The van der Waals surface area contributed by atoms with E-state index in [-0.39, 0.29) is 43.0 Å². The van der Waals surface area contributed by atoms with Crippen LogP contribution < -0.4 is 11.0 Å². The van der Waals surface area contributed by atoms with Crippen LogP contribution in [-0.4, -0.2) is 44.6 Å². The second-order valence-electron chi connectivity index (χ2n) is 6.55. The molecule has 2 aromatic heterocycles. The minimum atomic E-state index is -0.231. The van der Waals surface area contributed by atoms with Crippen LogP contribution in [0.2, 0.25) is 5.02 Å². The highest BCUT2D eigenvalue weighted by atomic mass is 35.5. The summed E-state index contributed by atoms with van der Waals surface area (Å²) in [6, 6.07) is 12.9. The topological polar surface area (TPSA) is 71.6 Å². The Morgan fingerprint density at radius 1 is 1.25 bits per heavy atom. The number of carbonyl (C=O) groups excluding carboxylic acids is 1.